The molecule has 1 nitrogen and oxygen atoms in total. The zero-order chi connectivity index (χ0) is 4.57. The van der Waals surface area contributed by atoms with Gasteiger partial charge in [0.15, 0.2) is 0 Å². The molecule has 0 amide bonds. The Morgan fingerprint density at radius 2 is 2.17 bits per heavy atom. The Morgan fingerprint density at radius 1 is 1.67 bits per heavy atom. The second kappa shape index (κ2) is 1.00. The van der Waals surface area contributed by atoms with Gasteiger partial charge in [0.2, 0.25) is 0 Å². The zero-order valence-corrected chi connectivity index (χ0v) is 4.21. The van der Waals surface area contributed by atoms with Gasteiger partial charge in [0, 0.05) is 19.2 Å². The molecule has 0 atom stereocenters. The van der Waals surface area contributed by atoms with Gasteiger partial charge in [-0.15, -0.1) is 0 Å². The summed E-state index contributed by atoms with van der Waals surface area (Å²) in [5.74, 6) is 0. The van der Waals surface area contributed by atoms with Gasteiger partial charge in [0.1, 0.15) is 0 Å². The smallest absolute Gasteiger partial charge is 0.0139 e. The first kappa shape index (κ1) is 3.72. The normalized spacial score (nSPS) is 18.3. The minimum atomic E-state index is 1.22. The molecule has 0 aromatic carbocycles. The molecular weight excluding hydrogens is 74.1 g/mol. The van der Waals surface area contributed by atoms with E-state index in [4.69, 9.17) is 0 Å². The minimum Gasteiger partial charge on any atom is -0.391 e. The van der Waals surface area contributed by atoms with Crippen LogP contribution in [0.1, 0.15) is 13.3 Å². The third-order valence-corrected chi connectivity index (χ3v) is 1.13. The summed E-state index contributed by atoms with van der Waals surface area (Å²) in [4.78, 5) is 0. The molecule has 0 saturated heterocycles. The molecule has 0 radical (unpaired) electrons. The van der Waals surface area contributed by atoms with Gasteiger partial charge in [-0.2, -0.15) is 0 Å². The molecule has 1 aliphatic rings. The van der Waals surface area contributed by atoms with Crippen LogP contribution in [-0.4, -0.2) is 7.05 Å². The van der Waals surface area contributed by atoms with Crippen LogP contribution in [0.2, 0.25) is 0 Å². The molecule has 0 aromatic heterocycles. The molecule has 6 heavy (non-hydrogen) atoms. The Bertz CT molecular complexity index is 92.1. The molecule has 0 aliphatic heterocycles. The molecule has 0 saturated carbocycles. The van der Waals surface area contributed by atoms with Gasteiger partial charge >= 0.3 is 0 Å². The lowest BCUT2D eigenvalue weighted by Crippen LogP contribution is -1.93. The fraction of sp³-hybridized carbons (Fsp3) is 0.600. The molecule has 0 heterocycles. The third kappa shape index (κ3) is 0.402. The van der Waals surface area contributed by atoms with E-state index >= 15 is 0 Å². The second-order valence-electron chi connectivity index (χ2n) is 1.69. The van der Waals surface area contributed by atoms with Crippen molar-refractivity contribution < 1.29 is 0 Å². The molecule has 0 spiro atoms. The van der Waals surface area contributed by atoms with E-state index < -0.39 is 0 Å². The van der Waals surface area contributed by atoms with Gasteiger partial charge in [-0.05, 0) is 12.5 Å². The molecule has 0 bridgehead atoms. The van der Waals surface area contributed by atoms with E-state index in [1.54, 1.807) is 0 Å². The molecule has 1 aliphatic carbocycles. The lowest BCUT2D eigenvalue weighted by molar-refractivity contribution is 1.04. The predicted octanol–water partition coefficient (Wildman–Crippen LogP) is 0.883. The minimum absolute atomic E-state index is 1.22. The summed E-state index contributed by atoms with van der Waals surface area (Å²) in [6.45, 7) is 2.14. The van der Waals surface area contributed by atoms with Crippen LogP contribution < -0.4 is 5.32 Å². The Morgan fingerprint density at radius 3 is 2.17 bits per heavy atom. The van der Waals surface area contributed by atoms with Crippen LogP contribution in [0, 0.1) is 0 Å². The van der Waals surface area contributed by atoms with Crippen LogP contribution in [0.25, 0.3) is 0 Å². The van der Waals surface area contributed by atoms with Crippen molar-refractivity contribution in [1.29, 1.82) is 0 Å². The van der Waals surface area contributed by atoms with E-state index in [0.717, 1.165) is 0 Å². The van der Waals surface area contributed by atoms with Crippen LogP contribution in [0.15, 0.2) is 11.3 Å². The third-order valence-electron chi connectivity index (χ3n) is 1.13. The van der Waals surface area contributed by atoms with Crippen molar-refractivity contribution in [3.05, 3.63) is 11.3 Å². The average Bonchev–Trinajstić information content (AvgIpc) is 2.19. The largest absolute Gasteiger partial charge is 0.391 e. The van der Waals surface area contributed by atoms with Gasteiger partial charge in [-0.3, -0.25) is 0 Å². The summed E-state index contributed by atoms with van der Waals surface area (Å²) < 4.78 is 0. The van der Waals surface area contributed by atoms with Gasteiger partial charge < -0.3 is 5.32 Å². The topological polar surface area (TPSA) is 12.0 Å². The van der Waals surface area contributed by atoms with Crippen LogP contribution in [0.4, 0.5) is 0 Å². The maximum atomic E-state index is 3.07. The second-order valence-corrected chi connectivity index (χ2v) is 1.69. The molecular formula is C5H9N. The fourth-order valence-electron chi connectivity index (χ4n) is 0.523. The molecule has 0 fully saturated rings. The average molecular weight is 83.1 g/mol. The lowest BCUT2D eigenvalue weighted by atomic mass is 10.6. The Kier molecular flexibility index (Phi) is 0.621. The SMILES string of the molecule is CNC1=C(C)C1. The van der Waals surface area contributed by atoms with Crippen LogP contribution >= 0.6 is 0 Å². The first-order valence-electron chi connectivity index (χ1n) is 2.21. The number of rotatable bonds is 1. The number of hydrogen-bond donors (Lipinski definition) is 1. The molecule has 0 unspecified atom stereocenters. The standard InChI is InChI=1S/C5H9N/c1-4-3-5(4)6-2/h6H,3H2,1-2H3. The molecule has 1 rings (SSSR count). The van der Waals surface area contributed by atoms with E-state index in [2.05, 4.69) is 12.2 Å². The van der Waals surface area contributed by atoms with E-state index in [0.29, 0.717) is 0 Å². The van der Waals surface area contributed by atoms with Gasteiger partial charge in [0.25, 0.3) is 0 Å². The Balaban J connectivity index is 2.38. The monoisotopic (exact) mass is 83.1 g/mol. The summed E-state index contributed by atoms with van der Waals surface area (Å²) in [6, 6.07) is 0. The highest BCUT2D eigenvalue weighted by Gasteiger charge is 2.12. The van der Waals surface area contributed by atoms with Crippen LogP contribution in [-0.2, 0) is 0 Å². The molecule has 1 heteroatoms. The van der Waals surface area contributed by atoms with E-state index in [-0.39, 0.29) is 0 Å². The van der Waals surface area contributed by atoms with Crippen molar-refractivity contribution >= 4 is 0 Å². The predicted molar refractivity (Wildman–Crippen MR) is 26.4 cm³/mol. The first-order chi connectivity index (χ1) is 2.84. The first-order valence-corrected chi connectivity index (χ1v) is 2.21. The summed E-state index contributed by atoms with van der Waals surface area (Å²) >= 11 is 0. The van der Waals surface area contributed by atoms with Gasteiger partial charge in [0.05, 0.1) is 0 Å². The molecule has 0 aromatic rings. The van der Waals surface area contributed by atoms with E-state index in [1.807, 2.05) is 7.05 Å². The fourth-order valence-corrected chi connectivity index (χ4v) is 0.523. The van der Waals surface area contributed by atoms with Crippen molar-refractivity contribution in [2.45, 2.75) is 13.3 Å². The highest BCUT2D eigenvalue weighted by Crippen LogP contribution is 2.25. The van der Waals surface area contributed by atoms with Crippen molar-refractivity contribution in [2.24, 2.45) is 0 Å². The zero-order valence-electron chi connectivity index (χ0n) is 4.21. The Hall–Kier alpha value is -0.460. The highest BCUT2D eigenvalue weighted by molar-refractivity contribution is 5.30. The summed E-state index contributed by atoms with van der Waals surface area (Å²) in [7, 11) is 1.96. The maximum Gasteiger partial charge on any atom is 0.0139 e. The number of nitrogens with one attached hydrogen (secondary N) is 1. The number of allylic oxidation sites excluding steroid dienone is 2. The highest BCUT2D eigenvalue weighted by atomic mass is 14.9. The molecule has 1 N–H and O–H groups in total. The van der Waals surface area contributed by atoms with Crippen LogP contribution in [0.5, 0.6) is 0 Å². The lowest BCUT2D eigenvalue weighted by Gasteiger charge is -1.78. The van der Waals surface area contributed by atoms with Crippen molar-refractivity contribution in [3.63, 3.8) is 0 Å². The van der Waals surface area contributed by atoms with Crippen molar-refractivity contribution in [1.82, 2.24) is 5.32 Å². The Labute approximate surface area is 38.1 Å². The van der Waals surface area contributed by atoms with Gasteiger partial charge in [-0.25, -0.2) is 0 Å². The molecule has 34 valence electrons. The van der Waals surface area contributed by atoms with Crippen molar-refractivity contribution in [3.8, 4) is 0 Å². The summed E-state index contributed by atoms with van der Waals surface area (Å²) in [5.41, 5.74) is 2.94. The quantitative estimate of drug-likeness (QED) is 0.496. The van der Waals surface area contributed by atoms with Gasteiger partial charge in [-0.1, -0.05) is 0 Å². The summed E-state index contributed by atoms with van der Waals surface area (Å²) in [5, 5.41) is 3.07. The van der Waals surface area contributed by atoms with E-state index in [9.17, 15) is 0 Å². The van der Waals surface area contributed by atoms with Crippen LogP contribution in [0.3, 0.4) is 0 Å². The maximum absolute atomic E-state index is 3.07. The van der Waals surface area contributed by atoms with Crippen molar-refractivity contribution in [2.75, 3.05) is 7.05 Å². The number of hydrogen-bond acceptors (Lipinski definition) is 1. The summed E-state index contributed by atoms with van der Waals surface area (Å²) in [6.07, 6.45) is 1.22. The van der Waals surface area contributed by atoms with E-state index in [1.165, 1.54) is 17.7 Å².